The number of hydrogen-bond donors (Lipinski definition) is 1. The summed E-state index contributed by atoms with van der Waals surface area (Å²) in [5.74, 6) is 0. The first-order chi connectivity index (χ1) is 6.79. The molecular weight excluding hydrogens is 176 g/mol. The molecule has 0 fully saturated rings. The van der Waals surface area contributed by atoms with Gasteiger partial charge in [-0.3, -0.25) is 4.68 Å². The van der Waals surface area contributed by atoms with Gasteiger partial charge in [0.2, 0.25) is 0 Å². The number of nitrogens with zero attached hydrogens (tertiary/aromatic N) is 3. The zero-order valence-electron chi connectivity index (χ0n) is 8.74. The van der Waals surface area contributed by atoms with Gasteiger partial charge in [0.05, 0.1) is 6.20 Å². The zero-order chi connectivity index (χ0) is 10.2. The van der Waals surface area contributed by atoms with Crippen LogP contribution in [0.3, 0.4) is 0 Å². The van der Waals surface area contributed by atoms with Crippen molar-refractivity contribution in [2.24, 2.45) is 0 Å². The molecule has 0 unspecified atom stereocenters. The van der Waals surface area contributed by atoms with Crippen LogP contribution in [0.25, 0.3) is 0 Å². The van der Waals surface area contributed by atoms with Crippen LogP contribution in [0.5, 0.6) is 0 Å². The lowest BCUT2D eigenvalue weighted by Gasteiger charge is -2.04. The van der Waals surface area contributed by atoms with Crippen LogP contribution >= 0.6 is 0 Å². The average molecular weight is 194 g/mol. The van der Waals surface area contributed by atoms with E-state index in [1.54, 1.807) is 6.20 Å². The third-order valence-electron chi connectivity index (χ3n) is 1.94. The molecule has 1 rings (SSSR count). The van der Waals surface area contributed by atoms with Crippen LogP contribution in [-0.4, -0.2) is 28.1 Å². The lowest BCUT2D eigenvalue weighted by Crippen LogP contribution is -2.18. The van der Waals surface area contributed by atoms with Crippen molar-refractivity contribution >= 4 is 0 Å². The molecule has 0 saturated carbocycles. The maximum absolute atomic E-state index is 3.89. The van der Waals surface area contributed by atoms with Crippen molar-refractivity contribution < 1.29 is 0 Å². The van der Waals surface area contributed by atoms with E-state index in [0.717, 1.165) is 32.5 Å². The van der Waals surface area contributed by atoms with Crippen LogP contribution in [0.4, 0.5) is 0 Å². The van der Waals surface area contributed by atoms with Gasteiger partial charge in [0.1, 0.15) is 0 Å². The summed E-state index contributed by atoms with van der Waals surface area (Å²) in [5, 5.41) is 11.0. The fourth-order valence-electron chi connectivity index (χ4n) is 1.14. The summed E-state index contributed by atoms with van der Waals surface area (Å²) < 4.78 is 1.85. The first kappa shape index (κ1) is 10.9. The summed E-state index contributed by atoms with van der Waals surface area (Å²) >= 11 is 0. The molecule has 0 radical (unpaired) electrons. The molecule has 0 aromatic carbocycles. The van der Waals surface area contributed by atoms with Gasteiger partial charge in [0, 0.05) is 12.7 Å². The van der Waals surface area contributed by atoms with Gasteiger partial charge in [-0.25, -0.2) is 0 Å². The highest BCUT2D eigenvalue weighted by Gasteiger charge is 1.91. The Balaban J connectivity index is 1.92. The summed E-state index contributed by atoms with van der Waals surface area (Å²) in [5.41, 5.74) is 1.23. The highest BCUT2D eigenvalue weighted by molar-refractivity contribution is 4.88. The Morgan fingerprint density at radius 3 is 3.00 bits per heavy atom. The van der Waals surface area contributed by atoms with E-state index in [1.165, 1.54) is 5.57 Å². The molecule has 0 aliphatic carbocycles. The van der Waals surface area contributed by atoms with Crippen molar-refractivity contribution in [3.63, 3.8) is 0 Å². The van der Waals surface area contributed by atoms with Gasteiger partial charge < -0.3 is 5.32 Å². The highest BCUT2D eigenvalue weighted by atomic mass is 15.4. The number of aromatic nitrogens is 3. The van der Waals surface area contributed by atoms with Gasteiger partial charge in [-0.05, 0) is 32.9 Å². The predicted molar refractivity (Wildman–Crippen MR) is 56.9 cm³/mol. The summed E-state index contributed by atoms with van der Waals surface area (Å²) in [6.07, 6.45) is 5.73. The van der Waals surface area contributed by atoms with Crippen molar-refractivity contribution in [2.75, 3.05) is 13.1 Å². The van der Waals surface area contributed by atoms with Gasteiger partial charge in [-0.1, -0.05) is 10.8 Å². The smallest absolute Gasteiger partial charge is 0.0692 e. The van der Waals surface area contributed by atoms with Crippen LogP contribution in [0.1, 0.15) is 19.8 Å². The quantitative estimate of drug-likeness (QED) is 0.524. The number of rotatable bonds is 7. The van der Waals surface area contributed by atoms with E-state index >= 15 is 0 Å². The SMILES string of the molecule is C=C(C)CCNCCCn1ccnn1. The van der Waals surface area contributed by atoms with Crippen LogP contribution in [0.15, 0.2) is 24.5 Å². The first-order valence-electron chi connectivity index (χ1n) is 4.98. The molecule has 0 bridgehead atoms. The van der Waals surface area contributed by atoms with Crippen LogP contribution in [0, 0.1) is 0 Å². The molecule has 1 N–H and O–H groups in total. The normalized spacial score (nSPS) is 10.4. The van der Waals surface area contributed by atoms with Crippen LogP contribution in [0.2, 0.25) is 0 Å². The van der Waals surface area contributed by atoms with Crippen LogP contribution < -0.4 is 5.32 Å². The third kappa shape index (κ3) is 4.77. The average Bonchev–Trinajstić information content (AvgIpc) is 2.63. The molecule has 0 aliphatic rings. The van der Waals surface area contributed by atoms with Crippen molar-refractivity contribution in [3.8, 4) is 0 Å². The fourth-order valence-corrected chi connectivity index (χ4v) is 1.14. The third-order valence-corrected chi connectivity index (χ3v) is 1.94. The molecule has 1 aromatic rings. The van der Waals surface area contributed by atoms with Gasteiger partial charge in [0.15, 0.2) is 0 Å². The Morgan fingerprint density at radius 2 is 2.36 bits per heavy atom. The molecule has 0 atom stereocenters. The summed E-state index contributed by atoms with van der Waals surface area (Å²) in [4.78, 5) is 0. The van der Waals surface area contributed by atoms with E-state index in [0.29, 0.717) is 0 Å². The number of aryl methyl sites for hydroxylation is 1. The molecule has 0 saturated heterocycles. The maximum atomic E-state index is 3.89. The van der Waals surface area contributed by atoms with E-state index < -0.39 is 0 Å². The molecular formula is C10H18N4. The Bertz CT molecular complexity index is 253. The molecule has 0 aliphatic heterocycles. The lowest BCUT2D eigenvalue weighted by atomic mass is 10.2. The van der Waals surface area contributed by atoms with Crippen LogP contribution in [-0.2, 0) is 6.54 Å². The number of nitrogens with one attached hydrogen (secondary N) is 1. The Morgan fingerprint density at radius 1 is 1.50 bits per heavy atom. The highest BCUT2D eigenvalue weighted by Crippen LogP contribution is 1.92. The van der Waals surface area contributed by atoms with Gasteiger partial charge in [-0.15, -0.1) is 11.7 Å². The van der Waals surface area contributed by atoms with Crippen molar-refractivity contribution in [1.82, 2.24) is 20.3 Å². The molecule has 0 spiro atoms. The summed E-state index contributed by atoms with van der Waals surface area (Å²) in [7, 11) is 0. The largest absolute Gasteiger partial charge is 0.316 e. The minimum atomic E-state index is 0.931. The van der Waals surface area contributed by atoms with E-state index in [9.17, 15) is 0 Å². The minimum absolute atomic E-state index is 0.931. The Hall–Kier alpha value is -1.16. The second-order valence-electron chi connectivity index (χ2n) is 3.48. The minimum Gasteiger partial charge on any atom is -0.316 e. The molecule has 1 heterocycles. The van der Waals surface area contributed by atoms with Crippen molar-refractivity contribution in [3.05, 3.63) is 24.5 Å². The molecule has 4 heteroatoms. The first-order valence-corrected chi connectivity index (χ1v) is 4.98. The predicted octanol–water partition coefficient (Wildman–Crippen LogP) is 1.22. The Labute approximate surface area is 85.0 Å². The van der Waals surface area contributed by atoms with Gasteiger partial charge >= 0.3 is 0 Å². The standard InChI is InChI=1S/C10H18N4/c1-10(2)4-6-11-5-3-8-14-9-7-12-13-14/h7,9,11H,1,3-6,8H2,2H3. The van der Waals surface area contributed by atoms with Crippen molar-refractivity contribution in [2.45, 2.75) is 26.3 Å². The monoisotopic (exact) mass is 194 g/mol. The Kier molecular flexibility index (Phi) is 4.93. The molecule has 14 heavy (non-hydrogen) atoms. The molecule has 78 valence electrons. The van der Waals surface area contributed by atoms with Gasteiger partial charge in [-0.2, -0.15) is 0 Å². The fraction of sp³-hybridized carbons (Fsp3) is 0.600. The van der Waals surface area contributed by atoms with E-state index in [-0.39, 0.29) is 0 Å². The van der Waals surface area contributed by atoms with Gasteiger partial charge in [0.25, 0.3) is 0 Å². The van der Waals surface area contributed by atoms with E-state index in [4.69, 9.17) is 0 Å². The van der Waals surface area contributed by atoms with E-state index in [2.05, 4.69) is 29.1 Å². The maximum Gasteiger partial charge on any atom is 0.0692 e. The van der Waals surface area contributed by atoms with Crippen molar-refractivity contribution in [1.29, 1.82) is 0 Å². The second-order valence-corrected chi connectivity index (χ2v) is 3.48. The second kappa shape index (κ2) is 6.32. The zero-order valence-corrected chi connectivity index (χ0v) is 8.74. The summed E-state index contributed by atoms with van der Waals surface area (Å²) in [6, 6.07) is 0. The lowest BCUT2D eigenvalue weighted by molar-refractivity contribution is 0.531. The molecule has 4 nitrogen and oxygen atoms in total. The number of hydrogen-bond acceptors (Lipinski definition) is 3. The summed E-state index contributed by atoms with van der Waals surface area (Å²) in [6.45, 7) is 8.88. The van der Waals surface area contributed by atoms with E-state index in [1.807, 2.05) is 10.9 Å². The molecule has 0 amide bonds. The molecule has 1 aromatic heterocycles. The topological polar surface area (TPSA) is 42.7 Å².